The van der Waals surface area contributed by atoms with Gasteiger partial charge >= 0.3 is 0 Å². The average molecular weight is 263 g/mol. The van der Waals surface area contributed by atoms with E-state index >= 15 is 0 Å². The minimum Gasteiger partial charge on any atom is -0.272 e. The van der Waals surface area contributed by atoms with Gasteiger partial charge in [0.05, 0.1) is 17.6 Å². The van der Waals surface area contributed by atoms with Gasteiger partial charge in [0.15, 0.2) is 0 Å². The molecule has 0 unspecified atom stereocenters. The number of unbranched alkanes of at least 4 members (excludes halogenated alkanes) is 1. The molecule has 0 fully saturated rings. The van der Waals surface area contributed by atoms with Gasteiger partial charge in [0, 0.05) is 19.1 Å². The molecule has 0 aliphatic heterocycles. The summed E-state index contributed by atoms with van der Waals surface area (Å²) in [5.41, 5.74) is 0.577. The summed E-state index contributed by atoms with van der Waals surface area (Å²) in [7, 11) is -1.72. The first-order chi connectivity index (χ1) is 7.58. The van der Waals surface area contributed by atoms with E-state index in [9.17, 15) is 8.42 Å². The van der Waals surface area contributed by atoms with Crippen molar-refractivity contribution in [3.8, 4) is 0 Å². The molecule has 0 N–H and O–H groups in total. The third-order valence-electron chi connectivity index (χ3n) is 2.21. The van der Waals surface area contributed by atoms with Gasteiger partial charge in [0.25, 0.3) is 0 Å². The number of nitrogens with zero attached hydrogens (tertiary/aromatic N) is 2. The summed E-state index contributed by atoms with van der Waals surface area (Å²) in [6.07, 6.45) is 4.43. The monoisotopic (exact) mass is 262 g/mol. The number of hydrogen-bond donors (Lipinski definition) is 0. The highest BCUT2D eigenvalue weighted by atomic mass is 35.5. The molecule has 0 aliphatic rings. The van der Waals surface area contributed by atoms with Crippen LogP contribution in [0.3, 0.4) is 0 Å². The van der Waals surface area contributed by atoms with Crippen molar-refractivity contribution >= 4 is 27.3 Å². The van der Waals surface area contributed by atoms with E-state index in [4.69, 9.17) is 11.6 Å². The number of aromatic nitrogens is 1. The van der Waals surface area contributed by atoms with Crippen LogP contribution in [0.5, 0.6) is 0 Å². The fraction of sp³-hybridized carbons (Fsp3) is 0.500. The van der Waals surface area contributed by atoms with Crippen molar-refractivity contribution in [2.45, 2.75) is 12.8 Å². The lowest BCUT2D eigenvalue weighted by Crippen LogP contribution is -2.29. The normalized spacial score (nSPS) is 11.4. The van der Waals surface area contributed by atoms with Gasteiger partial charge in [0.1, 0.15) is 0 Å². The zero-order valence-corrected chi connectivity index (χ0v) is 10.7. The highest BCUT2D eigenvalue weighted by Gasteiger charge is 2.17. The highest BCUT2D eigenvalue weighted by molar-refractivity contribution is 7.92. The van der Waals surface area contributed by atoms with Crippen molar-refractivity contribution in [2.24, 2.45) is 0 Å². The predicted molar refractivity (Wildman–Crippen MR) is 66.4 cm³/mol. The lowest BCUT2D eigenvalue weighted by Gasteiger charge is -2.18. The van der Waals surface area contributed by atoms with Crippen molar-refractivity contribution in [1.82, 2.24) is 4.98 Å². The fourth-order valence-electron chi connectivity index (χ4n) is 1.22. The first-order valence-corrected chi connectivity index (χ1v) is 7.15. The van der Waals surface area contributed by atoms with E-state index in [1.54, 1.807) is 18.3 Å². The molecule has 0 amide bonds. The molecule has 16 heavy (non-hydrogen) atoms. The highest BCUT2D eigenvalue weighted by Crippen LogP contribution is 2.15. The summed E-state index contributed by atoms with van der Waals surface area (Å²) >= 11 is 5.51. The Balaban J connectivity index is 2.69. The van der Waals surface area contributed by atoms with E-state index in [-0.39, 0.29) is 5.75 Å². The van der Waals surface area contributed by atoms with E-state index in [0.717, 1.165) is 0 Å². The predicted octanol–water partition coefficient (Wildman–Crippen LogP) is 1.87. The molecule has 0 aromatic carbocycles. The maximum atomic E-state index is 11.9. The van der Waals surface area contributed by atoms with Gasteiger partial charge in [-0.25, -0.2) is 8.42 Å². The Morgan fingerprint density at radius 1 is 1.44 bits per heavy atom. The Bertz CT molecular complexity index is 408. The van der Waals surface area contributed by atoms with Crippen LogP contribution in [0.15, 0.2) is 24.5 Å². The SMILES string of the molecule is CN(c1cccnc1)S(=O)(=O)CCCCCl. The van der Waals surface area contributed by atoms with Crippen molar-refractivity contribution in [2.75, 3.05) is 23.0 Å². The van der Waals surface area contributed by atoms with Crippen LogP contribution < -0.4 is 4.31 Å². The minimum atomic E-state index is -3.25. The van der Waals surface area contributed by atoms with Crippen LogP contribution in [0.4, 0.5) is 5.69 Å². The standard InChI is InChI=1S/C10H15ClN2O2S/c1-13(10-5-4-7-12-9-10)16(14,15)8-3-2-6-11/h4-5,7,9H,2-3,6,8H2,1H3. The second-order valence-corrected chi connectivity index (χ2v) is 5.89. The summed E-state index contributed by atoms with van der Waals surface area (Å²) in [6.45, 7) is 0. The van der Waals surface area contributed by atoms with Gasteiger partial charge in [-0.3, -0.25) is 9.29 Å². The second kappa shape index (κ2) is 6.06. The molecule has 0 saturated carbocycles. The number of rotatable bonds is 6. The largest absolute Gasteiger partial charge is 0.272 e. The average Bonchev–Trinajstić information content (AvgIpc) is 2.29. The van der Waals surface area contributed by atoms with Crippen molar-refractivity contribution in [3.63, 3.8) is 0 Å². The number of pyridine rings is 1. The molecule has 4 nitrogen and oxygen atoms in total. The lowest BCUT2D eigenvalue weighted by atomic mass is 10.4. The Morgan fingerprint density at radius 2 is 2.19 bits per heavy atom. The molecule has 0 spiro atoms. The van der Waals surface area contributed by atoms with Crippen LogP contribution >= 0.6 is 11.6 Å². The molecule has 90 valence electrons. The van der Waals surface area contributed by atoms with Crippen LogP contribution in [0.1, 0.15) is 12.8 Å². The van der Waals surface area contributed by atoms with Crippen LogP contribution in [0.2, 0.25) is 0 Å². The van der Waals surface area contributed by atoms with Gasteiger partial charge in [-0.2, -0.15) is 0 Å². The molecule has 1 rings (SSSR count). The molecule has 0 aliphatic carbocycles. The van der Waals surface area contributed by atoms with Crippen molar-refractivity contribution < 1.29 is 8.42 Å². The molecular formula is C10H15ClN2O2S. The molecule has 6 heteroatoms. The molecule has 0 radical (unpaired) electrons. The summed E-state index contributed by atoms with van der Waals surface area (Å²) in [6, 6.07) is 3.42. The van der Waals surface area contributed by atoms with Crippen molar-refractivity contribution in [3.05, 3.63) is 24.5 Å². The molecule has 0 bridgehead atoms. The number of halogens is 1. The first-order valence-electron chi connectivity index (χ1n) is 5.00. The van der Waals surface area contributed by atoms with E-state index in [0.29, 0.717) is 24.4 Å². The maximum absolute atomic E-state index is 11.9. The summed E-state index contributed by atoms with van der Waals surface area (Å²) in [5, 5.41) is 0. The zero-order valence-electron chi connectivity index (χ0n) is 9.13. The summed E-state index contributed by atoms with van der Waals surface area (Å²) in [4.78, 5) is 3.89. The smallest absolute Gasteiger partial charge is 0.234 e. The summed E-state index contributed by atoms with van der Waals surface area (Å²) in [5.74, 6) is 0.608. The lowest BCUT2D eigenvalue weighted by molar-refractivity contribution is 0.591. The van der Waals surface area contributed by atoms with E-state index in [1.807, 2.05) is 0 Å². The van der Waals surface area contributed by atoms with Gasteiger partial charge in [-0.1, -0.05) is 0 Å². The fourth-order valence-corrected chi connectivity index (χ4v) is 2.68. The van der Waals surface area contributed by atoms with Gasteiger partial charge in [-0.05, 0) is 25.0 Å². The second-order valence-electron chi connectivity index (χ2n) is 3.39. The number of alkyl halides is 1. The van der Waals surface area contributed by atoms with E-state index < -0.39 is 10.0 Å². The Kier molecular flexibility index (Phi) is 5.02. The Morgan fingerprint density at radius 3 is 2.75 bits per heavy atom. The Hall–Kier alpha value is -0.810. The van der Waals surface area contributed by atoms with Crippen molar-refractivity contribution in [1.29, 1.82) is 0 Å². The van der Waals surface area contributed by atoms with Crippen LogP contribution in [0, 0.1) is 0 Å². The third-order valence-corrected chi connectivity index (χ3v) is 4.33. The van der Waals surface area contributed by atoms with Crippen LogP contribution in [0.25, 0.3) is 0 Å². The maximum Gasteiger partial charge on any atom is 0.234 e. The van der Waals surface area contributed by atoms with E-state index in [1.165, 1.54) is 17.5 Å². The molecule has 0 saturated heterocycles. The Labute approximate surface area is 101 Å². The molecular weight excluding hydrogens is 248 g/mol. The summed E-state index contributed by atoms with van der Waals surface area (Å²) < 4.78 is 25.0. The van der Waals surface area contributed by atoms with E-state index in [2.05, 4.69) is 4.98 Å². The van der Waals surface area contributed by atoms with Gasteiger partial charge in [-0.15, -0.1) is 11.6 Å². The third kappa shape index (κ3) is 3.64. The molecule has 0 atom stereocenters. The molecule has 1 aromatic rings. The minimum absolute atomic E-state index is 0.116. The topological polar surface area (TPSA) is 50.3 Å². The quantitative estimate of drug-likeness (QED) is 0.581. The van der Waals surface area contributed by atoms with Crippen LogP contribution in [-0.2, 0) is 10.0 Å². The number of sulfonamides is 1. The van der Waals surface area contributed by atoms with Gasteiger partial charge < -0.3 is 0 Å². The number of anilines is 1. The molecule has 1 aromatic heterocycles. The molecule has 1 heterocycles. The zero-order chi connectivity index (χ0) is 12.0. The van der Waals surface area contributed by atoms with Crippen LogP contribution in [-0.4, -0.2) is 32.1 Å². The van der Waals surface area contributed by atoms with Gasteiger partial charge in [0.2, 0.25) is 10.0 Å². The number of hydrogen-bond acceptors (Lipinski definition) is 3. The first kappa shape index (κ1) is 13.3.